The number of unbranched alkanes of at least 4 members (excludes halogenated alkanes) is 2. The summed E-state index contributed by atoms with van der Waals surface area (Å²) in [6.45, 7) is 9.05. The second-order valence-corrected chi connectivity index (χ2v) is 6.08. The van der Waals surface area contributed by atoms with Crippen molar-refractivity contribution in [1.82, 2.24) is 10.6 Å². The van der Waals surface area contributed by atoms with Crippen LogP contribution in [0.4, 0.5) is 0 Å². The van der Waals surface area contributed by atoms with Gasteiger partial charge in [0.15, 0.2) is 5.96 Å². The first-order valence-corrected chi connectivity index (χ1v) is 9.58. The first kappa shape index (κ1) is 23.9. The van der Waals surface area contributed by atoms with E-state index in [1.807, 2.05) is 6.92 Å². The second kappa shape index (κ2) is 17.7. The van der Waals surface area contributed by atoms with Crippen LogP contribution in [-0.2, 0) is 9.47 Å². The van der Waals surface area contributed by atoms with Crippen LogP contribution in [0.15, 0.2) is 4.99 Å². The summed E-state index contributed by atoms with van der Waals surface area (Å²) < 4.78 is 11.3. The van der Waals surface area contributed by atoms with Crippen LogP contribution in [0.2, 0.25) is 0 Å². The molecular weight excluding hydrogens is 417 g/mol. The zero-order valence-electron chi connectivity index (χ0n) is 15.6. The van der Waals surface area contributed by atoms with Crippen molar-refractivity contribution in [3.63, 3.8) is 0 Å². The van der Waals surface area contributed by atoms with Gasteiger partial charge in [-0.05, 0) is 46.0 Å². The van der Waals surface area contributed by atoms with Crippen molar-refractivity contribution in [3.05, 3.63) is 0 Å². The topological polar surface area (TPSA) is 54.9 Å². The smallest absolute Gasteiger partial charge is 0.191 e. The number of hydrogen-bond donors (Lipinski definition) is 2. The molecule has 0 aliphatic heterocycles. The highest BCUT2D eigenvalue weighted by atomic mass is 127. The number of aliphatic imine (C=N–C) groups is 1. The standard InChI is InChI=1S/C18H37N3O2.HI/c1-3-19-18(21-14-16-22-4-2)20-13-9-6-10-15-23-17-11-7-5-8-12-17;/h17H,3-16H2,1-2H3,(H2,19,20,21);1H. The molecule has 5 nitrogen and oxygen atoms in total. The summed E-state index contributed by atoms with van der Waals surface area (Å²) in [5, 5.41) is 6.55. The predicted octanol–water partition coefficient (Wildman–Crippen LogP) is 3.72. The van der Waals surface area contributed by atoms with Crippen molar-refractivity contribution in [2.75, 3.05) is 39.5 Å². The molecule has 0 amide bonds. The van der Waals surface area contributed by atoms with Gasteiger partial charge >= 0.3 is 0 Å². The molecule has 0 bridgehead atoms. The van der Waals surface area contributed by atoms with Gasteiger partial charge < -0.3 is 20.1 Å². The molecule has 0 aromatic heterocycles. The Hall–Kier alpha value is -0.0800. The first-order valence-electron chi connectivity index (χ1n) is 9.58. The Labute approximate surface area is 165 Å². The van der Waals surface area contributed by atoms with Crippen molar-refractivity contribution in [1.29, 1.82) is 0 Å². The van der Waals surface area contributed by atoms with Gasteiger partial charge in [-0.3, -0.25) is 4.99 Å². The summed E-state index contributed by atoms with van der Waals surface area (Å²) in [6.07, 6.45) is 10.6. The summed E-state index contributed by atoms with van der Waals surface area (Å²) in [7, 11) is 0. The number of halogens is 1. The number of nitrogens with zero attached hydrogens (tertiary/aromatic N) is 1. The highest BCUT2D eigenvalue weighted by Gasteiger charge is 2.12. The van der Waals surface area contributed by atoms with Crippen LogP contribution < -0.4 is 10.6 Å². The van der Waals surface area contributed by atoms with E-state index in [2.05, 4.69) is 22.5 Å². The van der Waals surface area contributed by atoms with E-state index < -0.39 is 0 Å². The van der Waals surface area contributed by atoms with E-state index in [9.17, 15) is 0 Å². The molecule has 0 heterocycles. The monoisotopic (exact) mass is 455 g/mol. The maximum atomic E-state index is 5.95. The van der Waals surface area contributed by atoms with Gasteiger partial charge in [0.05, 0.1) is 12.7 Å². The Balaban J connectivity index is 0.00000529. The van der Waals surface area contributed by atoms with E-state index in [-0.39, 0.29) is 24.0 Å². The van der Waals surface area contributed by atoms with Gasteiger partial charge in [-0.2, -0.15) is 0 Å². The minimum Gasteiger partial charge on any atom is -0.380 e. The lowest BCUT2D eigenvalue weighted by atomic mass is 9.98. The van der Waals surface area contributed by atoms with Crippen molar-refractivity contribution < 1.29 is 9.47 Å². The van der Waals surface area contributed by atoms with Crippen molar-refractivity contribution in [2.24, 2.45) is 4.99 Å². The molecule has 1 aliphatic carbocycles. The molecule has 24 heavy (non-hydrogen) atoms. The molecule has 6 heteroatoms. The summed E-state index contributed by atoms with van der Waals surface area (Å²) in [6, 6.07) is 0. The molecule has 0 radical (unpaired) electrons. The minimum atomic E-state index is 0. The Morgan fingerprint density at radius 2 is 1.79 bits per heavy atom. The summed E-state index contributed by atoms with van der Waals surface area (Å²) in [5.41, 5.74) is 0. The number of rotatable bonds is 12. The van der Waals surface area contributed by atoms with E-state index >= 15 is 0 Å². The van der Waals surface area contributed by atoms with Crippen LogP contribution in [-0.4, -0.2) is 51.5 Å². The lowest BCUT2D eigenvalue weighted by Crippen LogP contribution is -2.39. The van der Waals surface area contributed by atoms with Gasteiger partial charge in [0.25, 0.3) is 0 Å². The Morgan fingerprint density at radius 1 is 1.00 bits per heavy atom. The number of guanidine groups is 1. The highest BCUT2D eigenvalue weighted by Crippen LogP contribution is 2.20. The normalized spacial score (nSPS) is 15.8. The molecule has 1 aliphatic rings. The predicted molar refractivity (Wildman–Crippen MR) is 113 cm³/mol. The highest BCUT2D eigenvalue weighted by molar-refractivity contribution is 14.0. The molecule has 0 saturated heterocycles. The molecule has 0 aromatic rings. The SMILES string of the molecule is CCNC(=NCCCCCOC1CCCCC1)NCCOCC.I. The van der Waals surface area contributed by atoms with Gasteiger partial charge in [0, 0.05) is 32.8 Å². The van der Waals surface area contributed by atoms with Crippen LogP contribution >= 0.6 is 24.0 Å². The Bertz CT molecular complexity index is 298. The fourth-order valence-corrected chi connectivity index (χ4v) is 2.79. The lowest BCUT2D eigenvalue weighted by Gasteiger charge is -2.21. The average Bonchev–Trinajstić information content (AvgIpc) is 2.58. The van der Waals surface area contributed by atoms with Crippen molar-refractivity contribution >= 4 is 29.9 Å². The summed E-state index contributed by atoms with van der Waals surface area (Å²) in [4.78, 5) is 4.60. The molecule has 0 aromatic carbocycles. The molecule has 1 rings (SSSR count). The van der Waals surface area contributed by atoms with Gasteiger partial charge in [-0.15, -0.1) is 24.0 Å². The van der Waals surface area contributed by atoms with Crippen LogP contribution in [0.5, 0.6) is 0 Å². The number of nitrogens with one attached hydrogen (secondary N) is 2. The van der Waals surface area contributed by atoms with E-state index in [0.717, 1.165) is 58.3 Å². The van der Waals surface area contributed by atoms with Crippen LogP contribution in [0.25, 0.3) is 0 Å². The average molecular weight is 455 g/mol. The van der Waals surface area contributed by atoms with Crippen LogP contribution in [0, 0.1) is 0 Å². The maximum absolute atomic E-state index is 5.95. The summed E-state index contributed by atoms with van der Waals surface area (Å²) in [5.74, 6) is 0.894. The Morgan fingerprint density at radius 3 is 2.50 bits per heavy atom. The first-order chi connectivity index (χ1) is 11.4. The van der Waals surface area contributed by atoms with E-state index in [1.165, 1.54) is 38.5 Å². The quantitative estimate of drug-likeness (QED) is 0.204. The molecule has 0 atom stereocenters. The van der Waals surface area contributed by atoms with E-state index in [0.29, 0.717) is 6.10 Å². The molecule has 0 unspecified atom stereocenters. The number of ether oxygens (including phenoxy) is 2. The second-order valence-electron chi connectivity index (χ2n) is 6.08. The third kappa shape index (κ3) is 13.2. The van der Waals surface area contributed by atoms with Crippen LogP contribution in [0.1, 0.15) is 65.2 Å². The zero-order valence-corrected chi connectivity index (χ0v) is 18.0. The van der Waals surface area contributed by atoms with Gasteiger partial charge in [-0.25, -0.2) is 0 Å². The van der Waals surface area contributed by atoms with E-state index in [1.54, 1.807) is 0 Å². The fourth-order valence-electron chi connectivity index (χ4n) is 2.79. The van der Waals surface area contributed by atoms with Gasteiger partial charge in [-0.1, -0.05) is 19.3 Å². The zero-order chi connectivity index (χ0) is 16.6. The van der Waals surface area contributed by atoms with E-state index in [4.69, 9.17) is 9.47 Å². The molecule has 144 valence electrons. The minimum absolute atomic E-state index is 0. The van der Waals surface area contributed by atoms with Crippen molar-refractivity contribution in [2.45, 2.75) is 71.3 Å². The largest absolute Gasteiger partial charge is 0.380 e. The molecule has 1 saturated carbocycles. The molecular formula is C18H38IN3O2. The fraction of sp³-hybridized carbons (Fsp3) is 0.944. The molecule has 0 spiro atoms. The third-order valence-electron chi connectivity index (χ3n) is 4.07. The van der Waals surface area contributed by atoms with Gasteiger partial charge in [0.2, 0.25) is 0 Å². The van der Waals surface area contributed by atoms with Crippen molar-refractivity contribution in [3.8, 4) is 0 Å². The number of hydrogen-bond acceptors (Lipinski definition) is 3. The summed E-state index contributed by atoms with van der Waals surface area (Å²) >= 11 is 0. The maximum Gasteiger partial charge on any atom is 0.191 e. The third-order valence-corrected chi connectivity index (χ3v) is 4.07. The molecule has 2 N–H and O–H groups in total. The lowest BCUT2D eigenvalue weighted by molar-refractivity contribution is 0.0264. The van der Waals surface area contributed by atoms with Gasteiger partial charge in [0.1, 0.15) is 0 Å². The van der Waals surface area contributed by atoms with Crippen LogP contribution in [0.3, 0.4) is 0 Å². The Kier molecular flexibility index (Phi) is 17.7. The molecule has 1 fully saturated rings.